The molecule has 2 rings (SSSR count). The zero-order chi connectivity index (χ0) is 14.4. The lowest BCUT2D eigenvalue weighted by atomic mass is 10.1. The summed E-state index contributed by atoms with van der Waals surface area (Å²) in [4.78, 5) is 2.69. The first-order valence-corrected chi connectivity index (χ1v) is 8.21. The lowest BCUT2D eigenvalue weighted by Gasteiger charge is -2.23. The van der Waals surface area contributed by atoms with E-state index in [9.17, 15) is 0 Å². The molecule has 2 nitrogen and oxygen atoms in total. The molecule has 1 aliphatic rings. The number of rotatable bonds is 9. The van der Waals surface area contributed by atoms with Crippen LogP contribution in [0, 0.1) is 5.92 Å². The minimum absolute atomic E-state index is 0.802. The molecule has 0 bridgehead atoms. The zero-order valence-corrected chi connectivity index (χ0v) is 13.4. The Morgan fingerprint density at radius 2 is 2.00 bits per heavy atom. The Morgan fingerprint density at radius 1 is 1.25 bits per heavy atom. The molecule has 1 aromatic rings. The van der Waals surface area contributed by atoms with Gasteiger partial charge in [-0.2, -0.15) is 0 Å². The Kier molecular flexibility index (Phi) is 6.06. The second-order valence-electron chi connectivity index (χ2n) is 6.48. The molecular formula is C18H30N2. The standard InChI is InChI=1S/C18H30N2/c1-4-19-13-16-6-5-7-17(12-16)14-20(18-8-9-18)11-10-15(2)3/h5-7,12,15,18-19H,4,8-11,13-14H2,1-3H3. The van der Waals surface area contributed by atoms with Crippen LogP contribution in [0.3, 0.4) is 0 Å². The van der Waals surface area contributed by atoms with E-state index in [1.54, 1.807) is 0 Å². The van der Waals surface area contributed by atoms with Crippen molar-refractivity contribution in [3.8, 4) is 0 Å². The first-order chi connectivity index (χ1) is 9.69. The van der Waals surface area contributed by atoms with E-state index in [0.717, 1.165) is 31.6 Å². The first kappa shape index (κ1) is 15.5. The normalized spacial score (nSPS) is 15.2. The summed E-state index contributed by atoms with van der Waals surface area (Å²) in [6.45, 7) is 11.2. The summed E-state index contributed by atoms with van der Waals surface area (Å²) < 4.78 is 0. The van der Waals surface area contributed by atoms with Crippen LogP contribution < -0.4 is 5.32 Å². The predicted octanol–water partition coefficient (Wildman–Crippen LogP) is 3.81. The van der Waals surface area contributed by atoms with Crippen molar-refractivity contribution < 1.29 is 0 Å². The largest absolute Gasteiger partial charge is 0.313 e. The van der Waals surface area contributed by atoms with E-state index >= 15 is 0 Å². The molecule has 1 fully saturated rings. The third-order valence-corrected chi connectivity index (χ3v) is 4.01. The van der Waals surface area contributed by atoms with Crippen LogP contribution in [0.4, 0.5) is 0 Å². The average Bonchev–Trinajstić information content (AvgIpc) is 3.26. The lowest BCUT2D eigenvalue weighted by molar-refractivity contribution is 0.239. The van der Waals surface area contributed by atoms with Crippen LogP contribution >= 0.6 is 0 Å². The fourth-order valence-corrected chi connectivity index (χ4v) is 2.60. The average molecular weight is 274 g/mol. The molecule has 0 atom stereocenters. The van der Waals surface area contributed by atoms with Crippen molar-refractivity contribution in [2.24, 2.45) is 5.92 Å². The quantitative estimate of drug-likeness (QED) is 0.736. The highest BCUT2D eigenvalue weighted by Gasteiger charge is 2.28. The van der Waals surface area contributed by atoms with Crippen molar-refractivity contribution in [3.63, 3.8) is 0 Å². The van der Waals surface area contributed by atoms with Gasteiger partial charge in [-0.1, -0.05) is 45.0 Å². The van der Waals surface area contributed by atoms with Crippen LogP contribution in [0.2, 0.25) is 0 Å². The smallest absolute Gasteiger partial charge is 0.0236 e. The fraction of sp³-hybridized carbons (Fsp3) is 0.667. The molecule has 112 valence electrons. The van der Waals surface area contributed by atoms with Crippen LogP contribution in [0.1, 0.15) is 51.2 Å². The molecular weight excluding hydrogens is 244 g/mol. The highest BCUT2D eigenvalue weighted by atomic mass is 15.2. The molecule has 0 aliphatic heterocycles. The lowest BCUT2D eigenvalue weighted by Crippen LogP contribution is -2.27. The van der Waals surface area contributed by atoms with Gasteiger partial charge in [-0.25, -0.2) is 0 Å². The van der Waals surface area contributed by atoms with Crippen LogP contribution in [-0.2, 0) is 13.1 Å². The molecule has 0 spiro atoms. The fourth-order valence-electron chi connectivity index (χ4n) is 2.60. The number of hydrogen-bond acceptors (Lipinski definition) is 2. The maximum atomic E-state index is 3.41. The summed E-state index contributed by atoms with van der Waals surface area (Å²) in [6, 6.07) is 9.93. The van der Waals surface area contributed by atoms with Gasteiger partial charge < -0.3 is 5.32 Å². The van der Waals surface area contributed by atoms with Gasteiger partial charge in [0.1, 0.15) is 0 Å². The first-order valence-electron chi connectivity index (χ1n) is 8.21. The Labute approximate surface area is 124 Å². The summed E-state index contributed by atoms with van der Waals surface area (Å²) in [5.41, 5.74) is 2.88. The van der Waals surface area contributed by atoms with Crippen molar-refractivity contribution in [1.82, 2.24) is 10.2 Å². The topological polar surface area (TPSA) is 15.3 Å². The summed E-state index contributed by atoms with van der Waals surface area (Å²) >= 11 is 0. The number of nitrogens with one attached hydrogen (secondary N) is 1. The minimum Gasteiger partial charge on any atom is -0.313 e. The van der Waals surface area contributed by atoms with Crippen molar-refractivity contribution in [2.75, 3.05) is 13.1 Å². The van der Waals surface area contributed by atoms with Gasteiger partial charge in [-0.3, -0.25) is 4.90 Å². The Bertz CT molecular complexity index is 396. The molecule has 0 radical (unpaired) electrons. The highest BCUT2D eigenvalue weighted by molar-refractivity contribution is 5.23. The molecule has 20 heavy (non-hydrogen) atoms. The van der Waals surface area contributed by atoms with Gasteiger partial charge in [-0.15, -0.1) is 0 Å². The van der Waals surface area contributed by atoms with E-state index in [0.29, 0.717) is 0 Å². The van der Waals surface area contributed by atoms with Gasteiger partial charge in [0.2, 0.25) is 0 Å². The molecule has 1 aliphatic carbocycles. The molecule has 2 heteroatoms. The molecule has 0 amide bonds. The summed E-state index contributed by atoms with van der Waals surface area (Å²) in [5, 5.41) is 3.41. The SMILES string of the molecule is CCNCc1cccc(CN(CCC(C)C)C2CC2)c1. The minimum atomic E-state index is 0.802. The van der Waals surface area contributed by atoms with E-state index in [2.05, 4.69) is 55.3 Å². The van der Waals surface area contributed by atoms with E-state index in [-0.39, 0.29) is 0 Å². The highest BCUT2D eigenvalue weighted by Crippen LogP contribution is 2.29. The van der Waals surface area contributed by atoms with Gasteiger partial charge in [0.15, 0.2) is 0 Å². The summed E-state index contributed by atoms with van der Waals surface area (Å²) in [7, 11) is 0. The molecule has 0 aromatic heterocycles. The van der Waals surface area contributed by atoms with Crippen molar-refractivity contribution in [3.05, 3.63) is 35.4 Å². The van der Waals surface area contributed by atoms with Crippen LogP contribution in [0.15, 0.2) is 24.3 Å². The molecule has 1 aromatic carbocycles. The summed E-state index contributed by atoms with van der Waals surface area (Å²) in [5.74, 6) is 0.802. The van der Waals surface area contributed by atoms with Gasteiger partial charge in [0.25, 0.3) is 0 Å². The van der Waals surface area contributed by atoms with Crippen molar-refractivity contribution in [1.29, 1.82) is 0 Å². The maximum Gasteiger partial charge on any atom is 0.0236 e. The Morgan fingerprint density at radius 3 is 2.65 bits per heavy atom. The third-order valence-electron chi connectivity index (χ3n) is 4.01. The molecule has 1 N–H and O–H groups in total. The third kappa shape index (κ3) is 5.26. The second-order valence-corrected chi connectivity index (χ2v) is 6.48. The summed E-state index contributed by atoms with van der Waals surface area (Å²) in [6.07, 6.45) is 4.11. The maximum absolute atomic E-state index is 3.41. The second kappa shape index (κ2) is 7.80. The number of benzene rings is 1. The Balaban J connectivity index is 1.91. The molecule has 0 heterocycles. The van der Waals surface area contributed by atoms with E-state index in [1.807, 2.05) is 0 Å². The van der Waals surface area contributed by atoms with Crippen LogP contribution in [-0.4, -0.2) is 24.0 Å². The van der Waals surface area contributed by atoms with E-state index in [1.165, 1.54) is 36.9 Å². The number of hydrogen-bond donors (Lipinski definition) is 1. The van der Waals surface area contributed by atoms with E-state index < -0.39 is 0 Å². The zero-order valence-electron chi connectivity index (χ0n) is 13.4. The van der Waals surface area contributed by atoms with Gasteiger partial charge in [0, 0.05) is 19.1 Å². The molecule has 0 saturated heterocycles. The van der Waals surface area contributed by atoms with Gasteiger partial charge >= 0.3 is 0 Å². The molecule has 1 saturated carbocycles. The molecule has 0 unspecified atom stereocenters. The van der Waals surface area contributed by atoms with Crippen molar-refractivity contribution >= 4 is 0 Å². The van der Waals surface area contributed by atoms with Crippen molar-refractivity contribution in [2.45, 2.75) is 59.2 Å². The van der Waals surface area contributed by atoms with Crippen LogP contribution in [0.5, 0.6) is 0 Å². The monoisotopic (exact) mass is 274 g/mol. The Hall–Kier alpha value is -0.860. The number of nitrogens with zero attached hydrogens (tertiary/aromatic N) is 1. The van der Waals surface area contributed by atoms with Crippen LogP contribution in [0.25, 0.3) is 0 Å². The predicted molar refractivity (Wildman–Crippen MR) is 86.7 cm³/mol. The van der Waals surface area contributed by atoms with E-state index in [4.69, 9.17) is 0 Å². The van der Waals surface area contributed by atoms with Gasteiger partial charge in [-0.05, 0) is 49.4 Å². The van der Waals surface area contributed by atoms with Gasteiger partial charge in [0.05, 0.1) is 0 Å².